The lowest BCUT2D eigenvalue weighted by molar-refractivity contribution is -0.178. The van der Waals surface area contributed by atoms with Gasteiger partial charge in [-0.05, 0) is 36.5 Å². The molecule has 1 spiro atoms. The molecule has 3 rings (SSSR count). The van der Waals surface area contributed by atoms with Crippen molar-refractivity contribution < 1.29 is 19.4 Å². The summed E-state index contributed by atoms with van der Waals surface area (Å²) in [5, 5.41) is 11.5. The van der Waals surface area contributed by atoms with Crippen LogP contribution in [0.2, 0.25) is 5.02 Å². The Bertz CT molecular complexity index is 532. The molecule has 114 valence electrons. The van der Waals surface area contributed by atoms with Crippen LogP contribution in [0.4, 0.5) is 10.5 Å². The fraction of sp³-hybridized carbons (Fsp3) is 0.533. The summed E-state index contributed by atoms with van der Waals surface area (Å²) in [6.07, 6.45) is 2.65. The molecule has 1 aliphatic heterocycles. The Labute approximate surface area is 128 Å². The van der Waals surface area contributed by atoms with E-state index in [4.69, 9.17) is 26.2 Å². The summed E-state index contributed by atoms with van der Waals surface area (Å²) < 4.78 is 11.5. The maximum atomic E-state index is 10.7. The second-order valence-electron chi connectivity index (χ2n) is 5.55. The predicted octanol–water partition coefficient (Wildman–Crippen LogP) is 3.83. The molecule has 1 heterocycles. The first-order chi connectivity index (χ1) is 10.1. The fourth-order valence-corrected chi connectivity index (χ4v) is 3.41. The monoisotopic (exact) mass is 311 g/mol. The molecule has 1 saturated carbocycles. The average molecular weight is 312 g/mol. The van der Waals surface area contributed by atoms with Gasteiger partial charge in [-0.2, -0.15) is 0 Å². The van der Waals surface area contributed by atoms with Crippen LogP contribution >= 0.6 is 11.6 Å². The van der Waals surface area contributed by atoms with Crippen LogP contribution in [0, 0.1) is 0 Å². The second kappa shape index (κ2) is 5.83. The number of carbonyl (C=O) groups is 1. The average Bonchev–Trinajstić information content (AvgIpc) is 2.90. The quantitative estimate of drug-likeness (QED) is 0.871. The minimum absolute atomic E-state index is 0.356. The number of hydrogen-bond donors (Lipinski definition) is 2. The Morgan fingerprint density at radius 3 is 2.52 bits per heavy atom. The van der Waals surface area contributed by atoms with Crippen molar-refractivity contribution in [1.82, 2.24) is 0 Å². The maximum Gasteiger partial charge on any atom is 0.409 e. The largest absolute Gasteiger partial charge is 0.465 e. The first-order valence-corrected chi connectivity index (χ1v) is 7.53. The number of amides is 1. The molecule has 0 aromatic heterocycles. The fourth-order valence-electron chi connectivity index (χ4n) is 3.18. The maximum absolute atomic E-state index is 10.7. The number of rotatable bonds is 2. The van der Waals surface area contributed by atoms with Gasteiger partial charge in [0, 0.05) is 12.8 Å². The van der Waals surface area contributed by atoms with Crippen molar-refractivity contribution in [3.05, 3.63) is 28.8 Å². The van der Waals surface area contributed by atoms with Crippen molar-refractivity contribution in [3.63, 3.8) is 0 Å². The summed E-state index contributed by atoms with van der Waals surface area (Å²) in [5.74, 6) is 0.0604. The highest BCUT2D eigenvalue weighted by Crippen LogP contribution is 2.43. The minimum atomic E-state index is -1.11. The van der Waals surface area contributed by atoms with Gasteiger partial charge in [-0.25, -0.2) is 4.79 Å². The van der Waals surface area contributed by atoms with Crippen LogP contribution in [0.1, 0.15) is 37.2 Å². The van der Waals surface area contributed by atoms with Gasteiger partial charge in [0.1, 0.15) is 0 Å². The van der Waals surface area contributed by atoms with E-state index in [1.807, 2.05) is 12.1 Å². The number of ether oxygens (including phenoxy) is 2. The summed E-state index contributed by atoms with van der Waals surface area (Å²) in [7, 11) is 0. The third-order valence-electron chi connectivity index (χ3n) is 4.27. The molecule has 5 nitrogen and oxygen atoms in total. The van der Waals surface area contributed by atoms with Gasteiger partial charge < -0.3 is 14.6 Å². The smallest absolute Gasteiger partial charge is 0.409 e. The van der Waals surface area contributed by atoms with Crippen LogP contribution in [0.5, 0.6) is 0 Å². The Morgan fingerprint density at radius 2 is 1.95 bits per heavy atom. The molecule has 2 N–H and O–H groups in total. The van der Waals surface area contributed by atoms with Crippen LogP contribution in [-0.4, -0.2) is 30.2 Å². The summed E-state index contributed by atoms with van der Waals surface area (Å²) in [5.41, 5.74) is 1.56. The lowest BCUT2D eigenvalue weighted by atomic mass is 9.81. The van der Waals surface area contributed by atoms with E-state index in [0.29, 0.717) is 29.8 Å². The SMILES string of the molecule is O=C(O)Nc1ccc(C2CCC3(CC2)OCCO3)cc1Cl. The van der Waals surface area contributed by atoms with Crippen molar-refractivity contribution in [2.24, 2.45) is 0 Å². The Morgan fingerprint density at radius 1 is 1.29 bits per heavy atom. The Hall–Kier alpha value is -1.30. The molecule has 0 bridgehead atoms. The molecule has 21 heavy (non-hydrogen) atoms. The number of carboxylic acid groups (broad SMARTS) is 1. The lowest BCUT2D eigenvalue weighted by Crippen LogP contribution is -2.34. The van der Waals surface area contributed by atoms with Gasteiger partial charge in [0.25, 0.3) is 0 Å². The van der Waals surface area contributed by atoms with Crippen LogP contribution < -0.4 is 5.32 Å². The van der Waals surface area contributed by atoms with Crippen molar-refractivity contribution in [2.45, 2.75) is 37.4 Å². The Kier molecular flexibility index (Phi) is 4.06. The third kappa shape index (κ3) is 3.15. The number of benzene rings is 1. The van der Waals surface area contributed by atoms with E-state index in [1.165, 1.54) is 0 Å². The standard InChI is InChI=1S/C15H18ClNO4/c16-12-9-11(1-2-13(12)17-14(18)19)10-3-5-15(6-4-10)20-7-8-21-15/h1-2,9-10,17H,3-8H2,(H,18,19). The summed E-state index contributed by atoms with van der Waals surface area (Å²) in [6, 6.07) is 5.51. The van der Waals surface area contributed by atoms with Crippen molar-refractivity contribution >= 4 is 23.4 Å². The summed E-state index contributed by atoms with van der Waals surface area (Å²) in [4.78, 5) is 10.7. The number of halogens is 1. The van der Waals surface area contributed by atoms with E-state index in [1.54, 1.807) is 6.07 Å². The summed E-state index contributed by atoms with van der Waals surface area (Å²) in [6.45, 7) is 1.37. The van der Waals surface area contributed by atoms with Gasteiger partial charge in [0.05, 0.1) is 23.9 Å². The molecule has 1 saturated heterocycles. The van der Waals surface area contributed by atoms with Crippen molar-refractivity contribution in [2.75, 3.05) is 18.5 Å². The zero-order chi connectivity index (χ0) is 14.9. The van der Waals surface area contributed by atoms with Gasteiger partial charge in [0.15, 0.2) is 5.79 Å². The van der Waals surface area contributed by atoms with Gasteiger partial charge in [-0.3, -0.25) is 5.32 Å². The highest BCUT2D eigenvalue weighted by atomic mass is 35.5. The van der Waals surface area contributed by atoms with Crippen molar-refractivity contribution in [1.29, 1.82) is 0 Å². The van der Waals surface area contributed by atoms with Gasteiger partial charge in [-0.15, -0.1) is 0 Å². The molecular weight excluding hydrogens is 294 g/mol. The van der Waals surface area contributed by atoms with E-state index in [0.717, 1.165) is 31.2 Å². The van der Waals surface area contributed by atoms with Gasteiger partial charge >= 0.3 is 6.09 Å². The second-order valence-corrected chi connectivity index (χ2v) is 5.96. The van der Waals surface area contributed by atoms with Crippen molar-refractivity contribution in [3.8, 4) is 0 Å². The molecule has 0 radical (unpaired) electrons. The van der Waals surface area contributed by atoms with E-state index in [-0.39, 0.29) is 5.79 Å². The molecule has 1 aromatic rings. The van der Waals surface area contributed by atoms with Gasteiger partial charge in [-0.1, -0.05) is 17.7 Å². The molecule has 1 aromatic carbocycles. The molecular formula is C15H18ClNO4. The highest BCUT2D eigenvalue weighted by Gasteiger charge is 2.40. The van der Waals surface area contributed by atoms with E-state index in [2.05, 4.69) is 5.32 Å². The first kappa shape index (κ1) is 14.6. The van der Waals surface area contributed by atoms with Crippen LogP contribution in [0.3, 0.4) is 0 Å². The summed E-state index contributed by atoms with van der Waals surface area (Å²) >= 11 is 6.14. The minimum Gasteiger partial charge on any atom is -0.465 e. The third-order valence-corrected chi connectivity index (χ3v) is 4.58. The molecule has 2 fully saturated rings. The Balaban J connectivity index is 1.68. The van der Waals surface area contributed by atoms with E-state index >= 15 is 0 Å². The van der Waals surface area contributed by atoms with E-state index < -0.39 is 6.09 Å². The number of nitrogens with one attached hydrogen (secondary N) is 1. The highest BCUT2D eigenvalue weighted by molar-refractivity contribution is 6.33. The normalized spacial score (nSPS) is 21.6. The molecule has 2 aliphatic rings. The zero-order valence-electron chi connectivity index (χ0n) is 11.6. The van der Waals surface area contributed by atoms with Crippen LogP contribution in [-0.2, 0) is 9.47 Å². The van der Waals surface area contributed by atoms with Crippen LogP contribution in [0.15, 0.2) is 18.2 Å². The predicted molar refractivity (Wildman–Crippen MR) is 78.9 cm³/mol. The zero-order valence-corrected chi connectivity index (χ0v) is 12.4. The topological polar surface area (TPSA) is 67.8 Å². The molecule has 6 heteroatoms. The lowest BCUT2D eigenvalue weighted by Gasteiger charge is -2.35. The molecule has 0 atom stereocenters. The van der Waals surface area contributed by atoms with E-state index in [9.17, 15) is 4.79 Å². The number of anilines is 1. The molecule has 1 amide bonds. The van der Waals surface area contributed by atoms with Gasteiger partial charge in [0.2, 0.25) is 0 Å². The van der Waals surface area contributed by atoms with Crippen LogP contribution in [0.25, 0.3) is 0 Å². The first-order valence-electron chi connectivity index (χ1n) is 7.15. The molecule has 1 aliphatic carbocycles. The number of hydrogen-bond acceptors (Lipinski definition) is 3. The molecule has 0 unspecified atom stereocenters.